The molecular weight excluding hydrogens is 255 g/mol. The predicted octanol–water partition coefficient (Wildman–Crippen LogP) is 3.89. The van der Waals surface area contributed by atoms with Crippen molar-refractivity contribution in [2.75, 3.05) is 6.54 Å². The zero-order valence-corrected chi connectivity index (χ0v) is 12.3. The van der Waals surface area contributed by atoms with Crippen LogP contribution in [0, 0.1) is 11.3 Å². The van der Waals surface area contributed by atoms with Crippen molar-refractivity contribution >= 4 is 0 Å². The van der Waals surface area contributed by atoms with Crippen LogP contribution in [0.1, 0.15) is 53.4 Å². The minimum atomic E-state index is -4.32. The summed E-state index contributed by atoms with van der Waals surface area (Å²) < 4.78 is 43.1. The number of hydrogen-bond acceptors (Lipinski definition) is 2. The number of halogens is 3. The van der Waals surface area contributed by atoms with Gasteiger partial charge in [0.05, 0.1) is 5.60 Å². The first kappa shape index (κ1) is 16.8. The molecule has 0 aromatic heterocycles. The SMILES string of the molecule is CC(OC1(CN)CCC(C(C)(C)C)CC1)C(F)(F)F. The fourth-order valence-corrected chi connectivity index (χ4v) is 2.82. The summed E-state index contributed by atoms with van der Waals surface area (Å²) in [7, 11) is 0. The van der Waals surface area contributed by atoms with E-state index in [9.17, 15) is 13.2 Å². The van der Waals surface area contributed by atoms with Crippen molar-refractivity contribution in [3.05, 3.63) is 0 Å². The highest BCUT2D eigenvalue weighted by molar-refractivity contribution is 4.92. The van der Waals surface area contributed by atoms with Crippen LogP contribution >= 0.6 is 0 Å². The molecule has 1 aliphatic rings. The summed E-state index contributed by atoms with van der Waals surface area (Å²) in [5, 5.41) is 0. The van der Waals surface area contributed by atoms with Gasteiger partial charge < -0.3 is 10.5 Å². The van der Waals surface area contributed by atoms with E-state index >= 15 is 0 Å². The van der Waals surface area contributed by atoms with E-state index in [-0.39, 0.29) is 12.0 Å². The van der Waals surface area contributed by atoms with Gasteiger partial charge in [-0.15, -0.1) is 0 Å². The Labute approximate surface area is 113 Å². The third-order valence-corrected chi connectivity index (χ3v) is 4.38. The van der Waals surface area contributed by atoms with Gasteiger partial charge in [0.1, 0.15) is 0 Å². The molecule has 2 nitrogen and oxygen atoms in total. The fraction of sp³-hybridized carbons (Fsp3) is 1.00. The maximum atomic E-state index is 12.6. The highest BCUT2D eigenvalue weighted by Gasteiger charge is 2.45. The van der Waals surface area contributed by atoms with Crippen LogP contribution < -0.4 is 5.73 Å². The van der Waals surface area contributed by atoms with Gasteiger partial charge in [-0.05, 0) is 43.9 Å². The summed E-state index contributed by atoms with van der Waals surface area (Å²) in [6.45, 7) is 7.74. The molecule has 0 spiro atoms. The number of ether oxygens (including phenoxy) is 1. The van der Waals surface area contributed by atoms with E-state index in [1.54, 1.807) is 0 Å². The summed E-state index contributed by atoms with van der Waals surface area (Å²) in [5.41, 5.74) is 5.09. The van der Waals surface area contributed by atoms with Crippen LogP contribution in [-0.2, 0) is 4.74 Å². The average Bonchev–Trinajstić information content (AvgIpc) is 2.27. The molecular formula is C14H26F3NO. The first-order valence-corrected chi connectivity index (χ1v) is 6.95. The fourth-order valence-electron chi connectivity index (χ4n) is 2.82. The second-order valence-electron chi connectivity index (χ2n) is 6.83. The molecule has 0 heterocycles. The van der Waals surface area contributed by atoms with Crippen LogP contribution in [0.5, 0.6) is 0 Å². The molecule has 1 fully saturated rings. The Kier molecular flexibility index (Phi) is 4.94. The molecule has 0 amide bonds. The molecule has 0 aromatic carbocycles. The maximum absolute atomic E-state index is 12.6. The monoisotopic (exact) mass is 281 g/mol. The lowest BCUT2D eigenvalue weighted by molar-refractivity contribution is -0.252. The minimum Gasteiger partial charge on any atom is -0.361 e. The topological polar surface area (TPSA) is 35.2 Å². The van der Waals surface area contributed by atoms with Crippen molar-refractivity contribution in [3.63, 3.8) is 0 Å². The molecule has 0 saturated heterocycles. The normalized spacial score (nSPS) is 31.3. The van der Waals surface area contributed by atoms with Crippen LogP contribution in [0.4, 0.5) is 13.2 Å². The van der Waals surface area contributed by atoms with Gasteiger partial charge in [-0.1, -0.05) is 20.8 Å². The van der Waals surface area contributed by atoms with E-state index in [1.807, 2.05) is 0 Å². The number of rotatable bonds is 3. The number of hydrogen-bond donors (Lipinski definition) is 1. The zero-order chi connectivity index (χ0) is 14.9. The van der Waals surface area contributed by atoms with Crippen molar-refractivity contribution in [1.29, 1.82) is 0 Å². The summed E-state index contributed by atoms with van der Waals surface area (Å²) in [6, 6.07) is 0. The molecule has 1 unspecified atom stereocenters. The van der Waals surface area contributed by atoms with E-state index in [4.69, 9.17) is 10.5 Å². The van der Waals surface area contributed by atoms with Crippen molar-refractivity contribution in [3.8, 4) is 0 Å². The van der Waals surface area contributed by atoms with Gasteiger partial charge in [0, 0.05) is 6.54 Å². The van der Waals surface area contributed by atoms with Crippen molar-refractivity contribution in [2.24, 2.45) is 17.1 Å². The Bertz CT molecular complexity index is 288. The Morgan fingerprint density at radius 3 is 2.00 bits per heavy atom. The third kappa shape index (κ3) is 4.35. The Morgan fingerprint density at radius 2 is 1.68 bits per heavy atom. The Balaban J connectivity index is 2.66. The summed E-state index contributed by atoms with van der Waals surface area (Å²) >= 11 is 0. The summed E-state index contributed by atoms with van der Waals surface area (Å²) in [5.74, 6) is 0.525. The first-order valence-electron chi connectivity index (χ1n) is 6.95. The van der Waals surface area contributed by atoms with Crippen LogP contribution in [0.2, 0.25) is 0 Å². The van der Waals surface area contributed by atoms with Crippen molar-refractivity contribution in [2.45, 2.75) is 71.3 Å². The smallest absolute Gasteiger partial charge is 0.361 e. The van der Waals surface area contributed by atoms with Gasteiger partial charge in [-0.3, -0.25) is 0 Å². The lowest BCUT2D eigenvalue weighted by atomic mass is 9.68. The molecule has 0 aliphatic heterocycles. The second-order valence-corrected chi connectivity index (χ2v) is 6.83. The van der Waals surface area contributed by atoms with Crippen LogP contribution in [0.25, 0.3) is 0 Å². The minimum absolute atomic E-state index is 0.157. The van der Waals surface area contributed by atoms with E-state index < -0.39 is 17.9 Å². The average molecular weight is 281 g/mol. The van der Waals surface area contributed by atoms with E-state index in [0.717, 1.165) is 19.8 Å². The standard InChI is InChI=1S/C14H26F3NO/c1-10(14(15,16)17)19-13(9-18)7-5-11(6-8-13)12(2,3)4/h10-11H,5-9,18H2,1-4H3. The van der Waals surface area contributed by atoms with Gasteiger partial charge >= 0.3 is 6.18 Å². The molecule has 19 heavy (non-hydrogen) atoms. The highest BCUT2D eigenvalue weighted by Crippen LogP contribution is 2.43. The van der Waals surface area contributed by atoms with Gasteiger partial charge in [0.15, 0.2) is 6.10 Å². The van der Waals surface area contributed by atoms with Crippen LogP contribution in [0.3, 0.4) is 0 Å². The van der Waals surface area contributed by atoms with Gasteiger partial charge in [-0.2, -0.15) is 13.2 Å². The van der Waals surface area contributed by atoms with Crippen molar-refractivity contribution < 1.29 is 17.9 Å². The molecule has 0 bridgehead atoms. The van der Waals surface area contributed by atoms with Crippen LogP contribution in [0.15, 0.2) is 0 Å². The number of alkyl halides is 3. The third-order valence-electron chi connectivity index (χ3n) is 4.38. The molecule has 5 heteroatoms. The highest BCUT2D eigenvalue weighted by atomic mass is 19.4. The Morgan fingerprint density at radius 1 is 1.21 bits per heavy atom. The molecule has 1 rings (SSSR count). The van der Waals surface area contributed by atoms with Crippen molar-refractivity contribution in [1.82, 2.24) is 0 Å². The molecule has 0 radical (unpaired) electrons. The maximum Gasteiger partial charge on any atom is 0.414 e. The molecule has 114 valence electrons. The molecule has 1 atom stereocenters. The summed E-state index contributed by atoms with van der Waals surface area (Å²) in [6.07, 6.45) is -3.07. The second kappa shape index (κ2) is 5.60. The Hall–Kier alpha value is -0.290. The molecule has 2 N–H and O–H groups in total. The van der Waals surface area contributed by atoms with Gasteiger partial charge in [0.2, 0.25) is 0 Å². The van der Waals surface area contributed by atoms with Gasteiger partial charge in [0.25, 0.3) is 0 Å². The largest absolute Gasteiger partial charge is 0.414 e. The molecule has 1 aliphatic carbocycles. The van der Waals surface area contributed by atoms with Gasteiger partial charge in [-0.25, -0.2) is 0 Å². The quantitative estimate of drug-likeness (QED) is 0.852. The lowest BCUT2D eigenvalue weighted by Crippen LogP contribution is -2.49. The summed E-state index contributed by atoms with van der Waals surface area (Å²) in [4.78, 5) is 0. The lowest BCUT2D eigenvalue weighted by Gasteiger charge is -2.44. The first-order chi connectivity index (χ1) is 8.50. The van der Waals surface area contributed by atoms with E-state index in [0.29, 0.717) is 18.8 Å². The van der Waals surface area contributed by atoms with Crippen LogP contribution in [-0.4, -0.2) is 24.4 Å². The van der Waals surface area contributed by atoms with E-state index in [2.05, 4.69) is 20.8 Å². The molecule has 1 saturated carbocycles. The predicted molar refractivity (Wildman–Crippen MR) is 69.8 cm³/mol. The number of nitrogens with two attached hydrogens (primary N) is 1. The molecule has 0 aromatic rings. The zero-order valence-electron chi connectivity index (χ0n) is 12.3. The van der Waals surface area contributed by atoms with E-state index in [1.165, 1.54) is 0 Å².